The molecule has 4 atom stereocenters. The average molecular weight is 546 g/mol. The zero-order valence-corrected chi connectivity index (χ0v) is 20.8. The number of aromatic nitrogens is 2. The summed E-state index contributed by atoms with van der Waals surface area (Å²) in [4.78, 5) is 79.2. The van der Waals surface area contributed by atoms with Crippen LogP contribution in [0.3, 0.4) is 0 Å². The van der Waals surface area contributed by atoms with Crippen LogP contribution in [0.2, 0.25) is 0 Å². The molecule has 0 spiro atoms. The highest BCUT2D eigenvalue weighted by Gasteiger charge is 2.31. The maximum atomic E-state index is 13.2. The number of nitrogens with one attached hydrogen (secondary N) is 4. The predicted octanol–water partition coefficient (Wildman–Crippen LogP) is -2.20. The molecule has 1 aromatic carbocycles. The second kappa shape index (κ2) is 14.8. The van der Waals surface area contributed by atoms with Gasteiger partial charge in [-0.2, -0.15) is 0 Å². The Bertz CT molecular complexity index is 1160. The number of primary amides is 1. The first kappa shape index (κ1) is 30.4. The van der Waals surface area contributed by atoms with E-state index in [1.807, 2.05) is 11.4 Å². The van der Waals surface area contributed by atoms with Crippen molar-refractivity contribution >= 4 is 35.6 Å². The average Bonchev–Trinajstić information content (AvgIpc) is 3.38. The normalized spacial score (nSPS) is 13.8. The Labute approximate surface area is 222 Å². The van der Waals surface area contributed by atoms with Crippen LogP contribution >= 0.6 is 0 Å². The van der Waals surface area contributed by atoms with Gasteiger partial charge in [-0.05, 0) is 18.4 Å². The minimum atomic E-state index is -1.79. The van der Waals surface area contributed by atoms with E-state index in [4.69, 9.17) is 16.6 Å². The van der Waals surface area contributed by atoms with Crippen molar-refractivity contribution in [1.82, 2.24) is 25.9 Å². The summed E-state index contributed by atoms with van der Waals surface area (Å²) in [6, 6.07) is 3.44. The van der Waals surface area contributed by atoms with Crippen molar-refractivity contribution in [2.45, 2.75) is 56.3 Å². The molecule has 15 nitrogen and oxygen atoms in total. The van der Waals surface area contributed by atoms with Gasteiger partial charge in [-0.1, -0.05) is 30.3 Å². The number of carbonyl (C=O) groups is 6. The molecule has 4 amide bonds. The van der Waals surface area contributed by atoms with Crippen molar-refractivity contribution < 1.29 is 39.0 Å². The molecule has 0 saturated heterocycles. The van der Waals surface area contributed by atoms with Gasteiger partial charge in [0.15, 0.2) is 0 Å². The number of rotatable bonds is 16. The smallest absolute Gasteiger partial charge is 0.326 e. The summed E-state index contributed by atoms with van der Waals surface area (Å²) in [7, 11) is 0. The molecule has 1 aromatic heterocycles. The first-order valence-electron chi connectivity index (χ1n) is 11.9. The quantitative estimate of drug-likeness (QED) is 0.113. The SMILES string of the molecule is NC(=O)CCC(NC(=O)C(Cc1cnc[nH]1)NC(=O)C(N)Cc1ccccc1)C(=O)NC(CC(=O)O)C(=O)O. The molecule has 0 aliphatic carbocycles. The van der Waals surface area contributed by atoms with E-state index in [2.05, 4.69) is 20.6 Å². The number of hydrogen-bond acceptors (Lipinski definition) is 8. The fraction of sp³-hybridized carbons (Fsp3) is 0.375. The summed E-state index contributed by atoms with van der Waals surface area (Å²) < 4.78 is 0. The number of carboxylic acids is 2. The maximum absolute atomic E-state index is 13.2. The van der Waals surface area contributed by atoms with Gasteiger partial charge >= 0.3 is 11.9 Å². The molecular formula is C24H31N7O8. The Morgan fingerprint density at radius 3 is 2.05 bits per heavy atom. The second-order valence-electron chi connectivity index (χ2n) is 8.70. The predicted molar refractivity (Wildman–Crippen MR) is 135 cm³/mol. The largest absolute Gasteiger partial charge is 0.481 e. The highest BCUT2D eigenvalue weighted by molar-refractivity contribution is 5.95. The lowest BCUT2D eigenvalue weighted by molar-refractivity contribution is -0.147. The highest BCUT2D eigenvalue weighted by Crippen LogP contribution is 2.06. The van der Waals surface area contributed by atoms with Crippen LogP contribution in [-0.2, 0) is 41.6 Å². The number of carboxylic acid groups (broad SMARTS) is 2. The molecule has 0 saturated carbocycles. The summed E-state index contributed by atoms with van der Waals surface area (Å²) in [6.07, 6.45) is 1.32. The molecule has 0 aliphatic heterocycles. The Morgan fingerprint density at radius 2 is 1.49 bits per heavy atom. The van der Waals surface area contributed by atoms with Gasteiger partial charge in [0, 0.05) is 24.7 Å². The lowest BCUT2D eigenvalue weighted by atomic mass is 10.0. The summed E-state index contributed by atoms with van der Waals surface area (Å²) >= 11 is 0. The van der Waals surface area contributed by atoms with E-state index < -0.39 is 66.2 Å². The lowest BCUT2D eigenvalue weighted by Gasteiger charge is -2.25. The Hall–Kier alpha value is -4.79. The fourth-order valence-electron chi connectivity index (χ4n) is 3.54. The van der Waals surface area contributed by atoms with Crippen LogP contribution in [0.5, 0.6) is 0 Å². The number of nitrogens with two attached hydrogens (primary N) is 2. The van der Waals surface area contributed by atoms with E-state index >= 15 is 0 Å². The molecule has 2 aromatic rings. The number of benzene rings is 1. The molecule has 0 radical (unpaired) electrons. The number of aromatic amines is 1. The van der Waals surface area contributed by atoms with Gasteiger partial charge in [0.2, 0.25) is 23.6 Å². The van der Waals surface area contributed by atoms with Gasteiger partial charge < -0.3 is 42.6 Å². The van der Waals surface area contributed by atoms with Gasteiger partial charge in [0.25, 0.3) is 0 Å². The third kappa shape index (κ3) is 10.6. The van der Waals surface area contributed by atoms with Crippen LogP contribution in [0.25, 0.3) is 0 Å². The van der Waals surface area contributed by atoms with Crippen molar-refractivity contribution in [3.8, 4) is 0 Å². The van der Waals surface area contributed by atoms with E-state index in [1.54, 1.807) is 24.3 Å². The number of aliphatic carboxylic acids is 2. The van der Waals surface area contributed by atoms with Gasteiger partial charge in [0.05, 0.1) is 18.8 Å². The van der Waals surface area contributed by atoms with Crippen LogP contribution in [0.15, 0.2) is 42.9 Å². The van der Waals surface area contributed by atoms with Gasteiger partial charge in [-0.15, -0.1) is 0 Å². The molecular weight excluding hydrogens is 514 g/mol. The van der Waals surface area contributed by atoms with Crippen LogP contribution in [0.4, 0.5) is 0 Å². The van der Waals surface area contributed by atoms with E-state index in [0.29, 0.717) is 5.69 Å². The van der Waals surface area contributed by atoms with Crippen molar-refractivity contribution in [3.05, 3.63) is 54.1 Å². The minimum absolute atomic E-state index is 0.0729. The van der Waals surface area contributed by atoms with Crippen LogP contribution in [-0.4, -0.2) is 79.9 Å². The van der Waals surface area contributed by atoms with E-state index in [0.717, 1.165) is 5.56 Å². The van der Waals surface area contributed by atoms with Crippen molar-refractivity contribution in [3.63, 3.8) is 0 Å². The molecule has 0 bridgehead atoms. The Balaban J connectivity index is 2.19. The topological polar surface area (TPSA) is 260 Å². The standard InChI is InChI=1S/C24H31N7O8/c25-15(8-13-4-2-1-3-5-13)21(35)30-17(9-14-11-27-12-28-14)23(37)29-16(6-7-19(26)32)22(36)31-18(24(38)39)10-20(33)34/h1-5,11-12,15-18H,6-10,25H2,(H2,26,32)(H,27,28)(H,29,37)(H,30,35)(H,31,36)(H,33,34)(H,38,39). The van der Waals surface area contributed by atoms with Crippen LogP contribution in [0.1, 0.15) is 30.5 Å². The van der Waals surface area contributed by atoms with Gasteiger partial charge in [0.1, 0.15) is 18.1 Å². The van der Waals surface area contributed by atoms with E-state index in [1.165, 1.54) is 12.5 Å². The molecule has 2 rings (SSSR count). The van der Waals surface area contributed by atoms with Gasteiger partial charge in [-0.3, -0.25) is 24.0 Å². The Kier molecular flexibility index (Phi) is 11.6. The number of H-pyrrole nitrogens is 1. The number of amides is 4. The third-order valence-electron chi connectivity index (χ3n) is 5.55. The Morgan fingerprint density at radius 1 is 0.872 bits per heavy atom. The van der Waals surface area contributed by atoms with Crippen LogP contribution in [0, 0.1) is 0 Å². The lowest BCUT2D eigenvalue weighted by Crippen LogP contribution is -2.58. The van der Waals surface area contributed by atoms with Gasteiger partial charge in [-0.25, -0.2) is 9.78 Å². The molecule has 210 valence electrons. The monoisotopic (exact) mass is 545 g/mol. The van der Waals surface area contributed by atoms with Crippen LogP contribution < -0.4 is 27.4 Å². The highest BCUT2D eigenvalue weighted by atomic mass is 16.4. The van der Waals surface area contributed by atoms with Crippen molar-refractivity contribution in [1.29, 1.82) is 0 Å². The first-order valence-corrected chi connectivity index (χ1v) is 11.9. The number of imidazole rings is 1. The first-order chi connectivity index (χ1) is 18.5. The minimum Gasteiger partial charge on any atom is -0.481 e. The number of nitrogens with zero attached hydrogens (tertiary/aromatic N) is 1. The van der Waals surface area contributed by atoms with Crippen molar-refractivity contribution in [2.75, 3.05) is 0 Å². The summed E-state index contributed by atoms with van der Waals surface area (Å²) in [5, 5.41) is 25.1. The fourth-order valence-corrected chi connectivity index (χ4v) is 3.54. The molecule has 0 aliphatic rings. The molecule has 10 N–H and O–H groups in total. The third-order valence-corrected chi connectivity index (χ3v) is 5.55. The molecule has 15 heteroatoms. The molecule has 39 heavy (non-hydrogen) atoms. The summed E-state index contributed by atoms with van der Waals surface area (Å²) in [5.41, 5.74) is 12.5. The number of carbonyl (C=O) groups excluding carboxylic acids is 4. The molecule has 4 unspecified atom stereocenters. The summed E-state index contributed by atoms with van der Waals surface area (Å²) in [6.45, 7) is 0. The van der Waals surface area contributed by atoms with E-state index in [9.17, 15) is 33.9 Å². The maximum Gasteiger partial charge on any atom is 0.326 e. The second-order valence-corrected chi connectivity index (χ2v) is 8.70. The zero-order valence-electron chi connectivity index (χ0n) is 20.8. The number of hydrogen-bond donors (Lipinski definition) is 8. The summed E-state index contributed by atoms with van der Waals surface area (Å²) in [5.74, 6) is -6.43. The zero-order chi connectivity index (χ0) is 28.9. The molecule has 1 heterocycles. The van der Waals surface area contributed by atoms with E-state index in [-0.39, 0.29) is 25.7 Å². The van der Waals surface area contributed by atoms with Crippen molar-refractivity contribution in [2.24, 2.45) is 11.5 Å². The molecule has 0 fully saturated rings.